The average Bonchev–Trinajstić information content (AvgIpc) is 2.83. The van der Waals surface area contributed by atoms with Crippen molar-refractivity contribution in [1.29, 1.82) is 0 Å². The lowest BCUT2D eigenvalue weighted by molar-refractivity contribution is 0.221. The number of piperidine rings is 1. The number of amides is 1. The van der Waals surface area contributed by atoms with Crippen molar-refractivity contribution >= 4 is 16.9 Å². The number of likely N-dealkylation sites (tertiary alicyclic amines) is 1. The number of aromatic nitrogens is 2. The third-order valence-electron chi connectivity index (χ3n) is 5.92. The van der Waals surface area contributed by atoms with Gasteiger partial charge in [-0.2, -0.15) is 0 Å². The molecule has 0 atom stereocenters. The van der Waals surface area contributed by atoms with Crippen molar-refractivity contribution in [3.05, 3.63) is 74.9 Å². The Morgan fingerprint density at radius 3 is 2.50 bits per heavy atom. The number of carbonyl (C=O) groups is 1. The SMILES string of the molecule is COc1ccccc1Cn1c(=O)c2ccccc2n(C(=O)NCCN2CCCCC2)c1=O. The number of hydrogen-bond acceptors (Lipinski definition) is 5. The number of nitrogens with one attached hydrogen (secondary N) is 1. The van der Waals surface area contributed by atoms with Gasteiger partial charge in [-0.1, -0.05) is 36.8 Å². The monoisotopic (exact) mass is 436 g/mol. The molecule has 1 aromatic heterocycles. The predicted octanol–water partition coefficient (Wildman–Crippen LogP) is 2.26. The van der Waals surface area contributed by atoms with Crippen LogP contribution in [0.2, 0.25) is 0 Å². The molecule has 2 heterocycles. The summed E-state index contributed by atoms with van der Waals surface area (Å²) in [6.45, 7) is 3.24. The van der Waals surface area contributed by atoms with E-state index < -0.39 is 17.3 Å². The Kier molecular flexibility index (Phi) is 6.70. The Morgan fingerprint density at radius 1 is 1.00 bits per heavy atom. The highest BCUT2D eigenvalue weighted by Crippen LogP contribution is 2.18. The number of rotatable bonds is 6. The number of methoxy groups -OCH3 is 1. The van der Waals surface area contributed by atoms with Crippen LogP contribution in [-0.2, 0) is 6.54 Å². The molecule has 0 aliphatic carbocycles. The van der Waals surface area contributed by atoms with Gasteiger partial charge in [0.05, 0.1) is 24.6 Å². The van der Waals surface area contributed by atoms with E-state index in [-0.39, 0.29) is 6.54 Å². The number of benzene rings is 2. The second kappa shape index (κ2) is 9.82. The molecular formula is C24H28N4O4. The van der Waals surface area contributed by atoms with Crippen molar-refractivity contribution in [2.75, 3.05) is 33.3 Å². The summed E-state index contributed by atoms with van der Waals surface area (Å²) in [5, 5.41) is 3.17. The highest BCUT2D eigenvalue weighted by atomic mass is 16.5. The van der Waals surface area contributed by atoms with Crippen LogP contribution in [0.1, 0.15) is 24.8 Å². The smallest absolute Gasteiger partial charge is 0.340 e. The summed E-state index contributed by atoms with van der Waals surface area (Å²) in [6.07, 6.45) is 3.59. The lowest BCUT2D eigenvalue weighted by Crippen LogP contribution is -2.47. The molecule has 1 aliphatic heterocycles. The first kappa shape index (κ1) is 21.8. The van der Waals surface area contributed by atoms with Crippen molar-refractivity contribution < 1.29 is 9.53 Å². The maximum atomic E-state index is 13.3. The molecule has 0 radical (unpaired) electrons. The van der Waals surface area contributed by atoms with Crippen LogP contribution in [0.15, 0.2) is 58.1 Å². The minimum atomic E-state index is -0.671. The molecule has 168 valence electrons. The lowest BCUT2D eigenvalue weighted by atomic mass is 10.1. The van der Waals surface area contributed by atoms with Crippen molar-refractivity contribution in [1.82, 2.24) is 19.4 Å². The molecule has 1 N–H and O–H groups in total. The van der Waals surface area contributed by atoms with Crippen molar-refractivity contribution in [3.63, 3.8) is 0 Å². The topological polar surface area (TPSA) is 85.6 Å². The van der Waals surface area contributed by atoms with Gasteiger partial charge in [-0.15, -0.1) is 0 Å². The van der Waals surface area contributed by atoms with Crippen LogP contribution in [0.5, 0.6) is 5.75 Å². The molecular weight excluding hydrogens is 408 g/mol. The third kappa shape index (κ3) is 4.45. The molecule has 3 aromatic rings. The molecule has 1 saturated heterocycles. The number of ether oxygens (including phenoxy) is 1. The maximum absolute atomic E-state index is 13.3. The largest absolute Gasteiger partial charge is 0.496 e. The summed E-state index contributed by atoms with van der Waals surface area (Å²) in [4.78, 5) is 41.8. The summed E-state index contributed by atoms with van der Waals surface area (Å²) in [7, 11) is 1.54. The molecule has 0 saturated carbocycles. The van der Waals surface area contributed by atoms with Gasteiger partial charge in [0, 0.05) is 18.7 Å². The van der Waals surface area contributed by atoms with E-state index in [0.29, 0.717) is 28.8 Å². The summed E-state index contributed by atoms with van der Waals surface area (Å²) < 4.78 is 7.51. The van der Waals surface area contributed by atoms with Crippen molar-refractivity contribution in [3.8, 4) is 5.75 Å². The zero-order chi connectivity index (χ0) is 22.5. The summed E-state index contributed by atoms with van der Waals surface area (Å²) in [5.41, 5.74) is -0.125. The van der Waals surface area contributed by atoms with Crippen molar-refractivity contribution in [2.45, 2.75) is 25.8 Å². The minimum absolute atomic E-state index is 0.00751. The molecule has 0 spiro atoms. The molecule has 8 heteroatoms. The molecule has 1 aliphatic rings. The van der Waals surface area contributed by atoms with Crippen molar-refractivity contribution in [2.24, 2.45) is 0 Å². The Bertz CT molecular complexity index is 1220. The fourth-order valence-electron chi connectivity index (χ4n) is 4.23. The third-order valence-corrected chi connectivity index (χ3v) is 5.92. The van der Waals surface area contributed by atoms with Gasteiger partial charge in [0.2, 0.25) is 0 Å². The number of hydrogen-bond donors (Lipinski definition) is 1. The van der Waals surface area contributed by atoms with E-state index in [1.54, 1.807) is 36.4 Å². The Balaban J connectivity index is 1.67. The van der Waals surface area contributed by atoms with Gasteiger partial charge in [0.1, 0.15) is 5.75 Å². The van der Waals surface area contributed by atoms with Gasteiger partial charge in [-0.05, 0) is 44.1 Å². The van der Waals surface area contributed by atoms with Crippen LogP contribution in [0.25, 0.3) is 10.9 Å². The fraction of sp³-hybridized carbons (Fsp3) is 0.375. The molecule has 2 aromatic carbocycles. The van der Waals surface area contributed by atoms with Gasteiger partial charge in [0.25, 0.3) is 5.56 Å². The minimum Gasteiger partial charge on any atom is -0.496 e. The summed E-state index contributed by atoms with van der Waals surface area (Å²) in [6, 6.07) is 13.4. The highest BCUT2D eigenvalue weighted by Gasteiger charge is 2.19. The molecule has 4 rings (SSSR count). The molecule has 1 amide bonds. The predicted molar refractivity (Wildman–Crippen MR) is 124 cm³/mol. The second-order valence-electron chi connectivity index (χ2n) is 7.97. The molecule has 0 bridgehead atoms. The number of nitrogens with zero attached hydrogens (tertiary/aromatic N) is 3. The Morgan fingerprint density at radius 2 is 1.72 bits per heavy atom. The zero-order valence-electron chi connectivity index (χ0n) is 18.3. The molecule has 0 unspecified atom stereocenters. The Hall–Kier alpha value is -3.39. The van der Waals surface area contributed by atoms with E-state index >= 15 is 0 Å². The molecule has 8 nitrogen and oxygen atoms in total. The van der Waals surface area contributed by atoms with Crippen LogP contribution < -0.4 is 21.3 Å². The van der Waals surface area contributed by atoms with Gasteiger partial charge in [0.15, 0.2) is 0 Å². The zero-order valence-corrected chi connectivity index (χ0v) is 18.3. The van der Waals surface area contributed by atoms with Gasteiger partial charge >= 0.3 is 11.7 Å². The van der Waals surface area contributed by atoms with E-state index in [0.717, 1.165) is 28.8 Å². The highest BCUT2D eigenvalue weighted by molar-refractivity contribution is 5.89. The second-order valence-corrected chi connectivity index (χ2v) is 7.97. The van der Waals surface area contributed by atoms with E-state index in [1.807, 2.05) is 12.1 Å². The quantitative estimate of drug-likeness (QED) is 0.641. The summed E-state index contributed by atoms with van der Waals surface area (Å²) >= 11 is 0. The first-order chi connectivity index (χ1) is 15.6. The number of carbonyl (C=O) groups excluding carboxylic acids is 1. The normalized spacial score (nSPS) is 14.4. The average molecular weight is 437 g/mol. The Labute approximate surface area is 186 Å². The van der Waals surface area contributed by atoms with Crippen LogP contribution >= 0.6 is 0 Å². The van der Waals surface area contributed by atoms with Crippen LogP contribution in [0, 0.1) is 0 Å². The first-order valence-electron chi connectivity index (χ1n) is 11.0. The van der Waals surface area contributed by atoms with Gasteiger partial charge in [-0.25, -0.2) is 14.2 Å². The van der Waals surface area contributed by atoms with Gasteiger partial charge < -0.3 is 15.0 Å². The van der Waals surface area contributed by atoms with Crippen LogP contribution in [0.3, 0.4) is 0 Å². The van der Waals surface area contributed by atoms with E-state index in [1.165, 1.54) is 26.4 Å². The standard InChI is InChI=1S/C24H28N4O4/c1-32-21-12-6-3-9-18(21)17-27-22(29)19-10-4-5-11-20(19)28(24(27)31)23(30)25-13-16-26-14-7-2-8-15-26/h3-6,9-12H,2,7-8,13-17H2,1H3,(H,25,30). The van der Waals surface area contributed by atoms with Crippen LogP contribution in [0.4, 0.5) is 4.79 Å². The number of fused-ring (bicyclic) bond motifs is 1. The van der Waals surface area contributed by atoms with E-state index in [4.69, 9.17) is 4.74 Å². The van der Waals surface area contributed by atoms with E-state index in [2.05, 4.69) is 10.2 Å². The summed E-state index contributed by atoms with van der Waals surface area (Å²) in [5.74, 6) is 0.574. The molecule has 1 fully saturated rings. The molecule has 32 heavy (non-hydrogen) atoms. The lowest BCUT2D eigenvalue weighted by Gasteiger charge is -2.26. The fourth-order valence-corrected chi connectivity index (χ4v) is 4.23. The van der Waals surface area contributed by atoms with E-state index in [9.17, 15) is 14.4 Å². The van der Waals surface area contributed by atoms with Crippen LogP contribution in [-0.4, -0.2) is 53.4 Å². The first-order valence-corrected chi connectivity index (χ1v) is 11.0. The number of para-hydroxylation sites is 2. The van der Waals surface area contributed by atoms with Gasteiger partial charge in [-0.3, -0.25) is 9.36 Å². The maximum Gasteiger partial charge on any atom is 0.340 e.